The van der Waals surface area contributed by atoms with Crippen LogP contribution in [-0.4, -0.2) is 33.1 Å². The minimum atomic E-state index is -1.02. The molecular formula is C19H15BrN4O5. The van der Waals surface area contributed by atoms with Crippen LogP contribution in [0.2, 0.25) is 0 Å². The lowest BCUT2D eigenvalue weighted by molar-refractivity contribution is -0.152. The number of esters is 1. The van der Waals surface area contributed by atoms with Crippen molar-refractivity contribution in [3.8, 4) is 0 Å². The number of fused-ring (bicyclic) bond motifs is 2. The Morgan fingerprint density at radius 3 is 2.83 bits per heavy atom. The van der Waals surface area contributed by atoms with Crippen molar-refractivity contribution in [2.24, 2.45) is 0 Å². The van der Waals surface area contributed by atoms with Gasteiger partial charge in [0.2, 0.25) is 0 Å². The largest absolute Gasteiger partial charge is 0.452 e. The minimum absolute atomic E-state index is 0.127. The molecule has 10 heteroatoms. The number of halogens is 1. The normalized spacial score (nSPS) is 12.2. The average Bonchev–Trinajstić information content (AvgIpc) is 3.23. The fraction of sp³-hybridized carbons (Fsp3) is 0.158. The third-order valence-corrected chi connectivity index (χ3v) is 4.77. The summed E-state index contributed by atoms with van der Waals surface area (Å²) in [4.78, 5) is 41.1. The van der Waals surface area contributed by atoms with Gasteiger partial charge in [-0.1, -0.05) is 21.1 Å². The molecule has 3 N–H and O–H groups in total. The first-order valence-electron chi connectivity index (χ1n) is 8.65. The summed E-state index contributed by atoms with van der Waals surface area (Å²) in [6.45, 7) is 1.47. The lowest BCUT2D eigenvalue weighted by Gasteiger charge is -2.13. The first-order valence-corrected chi connectivity index (χ1v) is 9.44. The second kappa shape index (κ2) is 7.55. The third kappa shape index (κ3) is 4.06. The van der Waals surface area contributed by atoms with Crippen molar-refractivity contribution >= 4 is 55.5 Å². The Balaban J connectivity index is 1.40. The van der Waals surface area contributed by atoms with Crippen LogP contribution in [0.4, 0.5) is 5.69 Å². The van der Waals surface area contributed by atoms with Crippen LogP contribution in [0.25, 0.3) is 22.0 Å². The Morgan fingerprint density at radius 2 is 2.00 bits per heavy atom. The molecule has 0 spiro atoms. The molecule has 2 aromatic carbocycles. The summed E-state index contributed by atoms with van der Waals surface area (Å²) < 4.78 is 11.2. The minimum Gasteiger partial charge on any atom is -0.452 e. The number of amides is 1. The second-order valence-corrected chi connectivity index (χ2v) is 7.32. The number of rotatable bonds is 5. The lowest BCUT2D eigenvalue weighted by atomic mass is 10.2. The molecule has 4 rings (SSSR count). The predicted molar refractivity (Wildman–Crippen MR) is 109 cm³/mol. The van der Waals surface area contributed by atoms with Crippen LogP contribution in [0.15, 0.2) is 50.2 Å². The summed E-state index contributed by atoms with van der Waals surface area (Å²) in [5, 5.41) is 7.25. The number of benzene rings is 2. The van der Waals surface area contributed by atoms with Gasteiger partial charge in [-0.25, -0.2) is 4.79 Å². The highest BCUT2D eigenvalue weighted by Crippen LogP contribution is 2.23. The molecule has 0 fully saturated rings. The molecule has 1 unspecified atom stereocenters. The smallest absolute Gasteiger partial charge is 0.323 e. The quantitative estimate of drug-likeness (QED) is 0.394. The molecule has 2 heterocycles. The van der Waals surface area contributed by atoms with Crippen LogP contribution < -0.4 is 11.0 Å². The highest BCUT2D eigenvalue weighted by atomic mass is 79.9. The van der Waals surface area contributed by atoms with E-state index in [0.29, 0.717) is 33.4 Å². The van der Waals surface area contributed by atoms with Gasteiger partial charge in [-0.2, -0.15) is 0 Å². The van der Waals surface area contributed by atoms with Gasteiger partial charge < -0.3 is 24.5 Å². The summed E-state index contributed by atoms with van der Waals surface area (Å²) in [7, 11) is 0. The Kier molecular flexibility index (Phi) is 4.93. The molecule has 0 aliphatic carbocycles. The van der Waals surface area contributed by atoms with Crippen molar-refractivity contribution in [1.82, 2.24) is 15.1 Å². The van der Waals surface area contributed by atoms with Crippen molar-refractivity contribution in [3.05, 3.63) is 57.0 Å². The fourth-order valence-electron chi connectivity index (χ4n) is 2.87. The Hall–Kier alpha value is -3.40. The SMILES string of the molecule is CC(OC(=O)Cc1noc2ccc(Br)cc12)C(=O)Nc1ccc2[nH]c(=O)[nH]c2c1. The molecule has 29 heavy (non-hydrogen) atoms. The van der Waals surface area contributed by atoms with Crippen LogP contribution in [0.5, 0.6) is 0 Å². The van der Waals surface area contributed by atoms with Gasteiger partial charge in [0.15, 0.2) is 11.7 Å². The van der Waals surface area contributed by atoms with Crippen LogP contribution in [0.1, 0.15) is 12.6 Å². The molecule has 0 aliphatic rings. The molecule has 1 atom stereocenters. The maximum atomic E-state index is 12.3. The van der Waals surface area contributed by atoms with E-state index in [-0.39, 0.29) is 12.1 Å². The molecule has 9 nitrogen and oxygen atoms in total. The fourth-order valence-corrected chi connectivity index (χ4v) is 3.23. The first kappa shape index (κ1) is 18.9. The van der Waals surface area contributed by atoms with Gasteiger partial charge in [-0.3, -0.25) is 9.59 Å². The molecule has 1 amide bonds. The summed E-state index contributed by atoms with van der Waals surface area (Å²) >= 11 is 3.36. The van der Waals surface area contributed by atoms with Crippen LogP contribution in [0, 0.1) is 0 Å². The van der Waals surface area contributed by atoms with Crippen LogP contribution in [0.3, 0.4) is 0 Å². The number of carbonyl (C=O) groups excluding carboxylic acids is 2. The van der Waals surface area contributed by atoms with Gasteiger partial charge >= 0.3 is 11.7 Å². The number of ether oxygens (including phenoxy) is 1. The standard InChI is InChI=1S/C19H15BrN4O5/c1-9(18(26)21-11-3-4-13-15(7-11)23-19(27)22-13)28-17(25)8-14-12-6-10(20)2-5-16(12)29-24-14/h2-7,9H,8H2,1H3,(H,21,26)(H2,22,23,27). The van der Waals surface area contributed by atoms with E-state index in [4.69, 9.17) is 9.26 Å². The first-order chi connectivity index (χ1) is 13.9. The second-order valence-electron chi connectivity index (χ2n) is 6.41. The maximum Gasteiger partial charge on any atom is 0.323 e. The van der Waals surface area contributed by atoms with Gasteiger partial charge in [-0.15, -0.1) is 0 Å². The van der Waals surface area contributed by atoms with E-state index in [1.165, 1.54) is 6.92 Å². The molecule has 0 bridgehead atoms. The number of nitrogens with zero attached hydrogens (tertiary/aromatic N) is 1. The van der Waals surface area contributed by atoms with Crippen molar-refractivity contribution in [2.45, 2.75) is 19.4 Å². The van der Waals surface area contributed by atoms with Crippen molar-refractivity contribution < 1.29 is 18.8 Å². The zero-order valence-corrected chi connectivity index (χ0v) is 16.7. The Morgan fingerprint density at radius 1 is 1.21 bits per heavy atom. The molecule has 2 aromatic heterocycles. The third-order valence-electron chi connectivity index (χ3n) is 4.28. The monoisotopic (exact) mass is 458 g/mol. The molecule has 0 saturated heterocycles. The number of anilines is 1. The average molecular weight is 459 g/mol. The zero-order chi connectivity index (χ0) is 20.5. The molecular weight excluding hydrogens is 444 g/mol. The van der Waals surface area contributed by atoms with Gasteiger partial charge in [0.05, 0.1) is 17.5 Å². The number of imidazole rings is 1. The predicted octanol–water partition coefficient (Wildman–Crippen LogP) is 2.87. The van der Waals surface area contributed by atoms with E-state index < -0.39 is 18.0 Å². The van der Waals surface area contributed by atoms with Gasteiger partial charge in [0.25, 0.3) is 5.91 Å². The number of aromatic amines is 2. The molecule has 148 valence electrons. The number of H-pyrrole nitrogens is 2. The molecule has 0 aliphatic heterocycles. The van der Waals surface area contributed by atoms with E-state index in [1.54, 1.807) is 30.3 Å². The lowest BCUT2D eigenvalue weighted by Crippen LogP contribution is -2.30. The number of aromatic nitrogens is 3. The van der Waals surface area contributed by atoms with E-state index >= 15 is 0 Å². The highest BCUT2D eigenvalue weighted by Gasteiger charge is 2.20. The Bertz CT molecular complexity index is 1290. The highest BCUT2D eigenvalue weighted by molar-refractivity contribution is 9.10. The van der Waals surface area contributed by atoms with E-state index in [0.717, 1.165) is 4.47 Å². The van der Waals surface area contributed by atoms with Crippen molar-refractivity contribution in [2.75, 3.05) is 5.32 Å². The van der Waals surface area contributed by atoms with E-state index in [2.05, 4.69) is 36.4 Å². The van der Waals surface area contributed by atoms with Crippen LogP contribution in [-0.2, 0) is 20.7 Å². The van der Waals surface area contributed by atoms with E-state index in [9.17, 15) is 14.4 Å². The maximum absolute atomic E-state index is 12.3. The summed E-state index contributed by atoms with van der Waals surface area (Å²) in [6, 6.07) is 10.3. The van der Waals surface area contributed by atoms with Gasteiger partial charge in [-0.05, 0) is 43.3 Å². The van der Waals surface area contributed by atoms with E-state index in [1.807, 2.05) is 6.07 Å². The van der Waals surface area contributed by atoms with Crippen molar-refractivity contribution in [3.63, 3.8) is 0 Å². The van der Waals surface area contributed by atoms with Crippen LogP contribution >= 0.6 is 15.9 Å². The molecule has 4 aromatic rings. The Labute approximate surface area is 171 Å². The number of hydrogen-bond acceptors (Lipinski definition) is 6. The summed E-state index contributed by atoms with van der Waals surface area (Å²) in [6.07, 6.45) is -1.15. The van der Waals surface area contributed by atoms with Gasteiger partial charge in [0, 0.05) is 15.5 Å². The van der Waals surface area contributed by atoms with Crippen molar-refractivity contribution in [1.29, 1.82) is 0 Å². The topological polar surface area (TPSA) is 130 Å². The summed E-state index contributed by atoms with van der Waals surface area (Å²) in [5.41, 5.74) is 2.30. The zero-order valence-electron chi connectivity index (χ0n) is 15.1. The number of hydrogen-bond donors (Lipinski definition) is 3. The van der Waals surface area contributed by atoms with Gasteiger partial charge in [0.1, 0.15) is 5.69 Å². The number of carbonyl (C=O) groups is 2. The molecule has 0 saturated carbocycles. The number of nitrogens with one attached hydrogen (secondary N) is 3. The summed E-state index contributed by atoms with van der Waals surface area (Å²) in [5.74, 6) is -1.10. The molecule has 0 radical (unpaired) electrons.